The van der Waals surface area contributed by atoms with E-state index >= 15 is 0 Å². The van der Waals surface area contributed by atoms with Crippen molar-refractivity contribution < 1.29 is 4.79 Å². The van der Waals surface area contributed by atoms with E-state index in [2.05, 4.69) is 27.3 Å². The SMILES string of the molecule is O=C(NCC1(CCBr)CC1)c1ccc2ccccc2c1. The van der Waals surface area contributed by atoms with Crippen molar-refractivity contribution in [1.29, 1.82) is 0 Å². The van der Waals surface area contributed by atoms with E-state index in [4.69, 9.17) is 0 Å². The molecule has 2 aromatic carbocycles. The molecule has 1 N–H and O–H groups in total. The molecule has 0 bridgehead atoms. The molecule has 20 heavy (non-hydrogen) atoms. The van der Waals surface area contributed by atoms with Gasteiger partial charge in [0.25, 0.3) is 5.91 Å². The van der Waals surface area contributed by atoms with Crippen LogP contribution in [0.3, 0.4) is 0 Å². The molecule has 1 aliphatic carbocycles. The molecule has 0 aliphatic heterocycles. The minimum Gasteiger partial charge on any atom is -0.351 e. The van der Waals surface area contributed by atoms with Gasteiger partial charge in [-0.05, 0) is 47.6 Å². The van der Waals surface area contributed by atoms with E-state index in [1.54, 1.807) is 0 Å². The number of hydrogen-bond acceptors (Lipinski definition) is 1. The Bertz CT molecular complexity index is 634. The topological polar surface area (TPSA) is 29.1 Å². The number of hydrogen-bond donors (Lipinski definition) is 1. The second-order valence-corrected chi connectivity index (χ2v) is 6.48. The lowest BCUT2D eigenvalue weighted by molar-refractivity contribution is 0.0944. The first-order valence-corrected chi connectivity index (χ1v) is 8.18. The molecular weight excluding hydrogens is 314 g/mol. The highest BCUT2D eigenvalue weighted by molar-refractivity contribution is 9.09. The average Bonchev–Trinajstić information content (AvgIpc) is 3.25. The van der Waals surface area contributed by atoms with Gasteiger partial charge in [0.05, 0.1) is 0 Å². The zero-order valence-electron chi connectivity index (χ0n) is 11.4. The molecule has 0 atom stereocenters. The third-order valence-electron chi connectivity index (χ3n) is 4.22. The predicted octanol–water partition coefficient (Wildman–Crippen LogP) is 4.13. The van der Waals surface area contributed by atoms with Crippen molar-refractivity contribution in [3.8, 4) is 0 Å². The Hall–Kier alpha value is -1.35. The van der Waals surface area contributed by atoms with Crippen molar-refractivity contribution in [3.05, 3.63) is 48.0 Å². The average molecular weight is 332 g/mol. The van der Waals surface area contributed by atoms with Crippen LogP contribution in [0.1, 0.15) is 29.6 Å². The standard InChI is InChI=1S/C17H18BrNO/c18-10-9-17(7-8-17)12-19-16(20)15-6-5-13-3-1-2-4-14(13)11-15/h1-6,11H,7-10,12H2,(H,19,20). The van der Waals surface area contributed by atoms with Gasteiger partial charge in [-0.1, -0.05) is 46.3 Å². The zero-order chi connectivity index (χ0) is 14.0. The largest absolute Gasteiger partial charge is 0.351 e. The van der Waals surface area contributed by atoms with E-state index < -0.39 is 0 Å². The summed E-state index contributed by atoms with van der Waals surface area (Å²) in [6, 6.07) is 14.0. The second-order valence-electron chi connectivity index (χ2n) is 5.68. The Morgan fingerprint density at radius 2 is 1.90 bits per heavy atom. The Morgan fingerprint density at radius 3 is 2.60 bits per heavy atom. The van der Waals surface area contributed by atoms with Gasteiger partial charge in [0.2, 0.25) is 0 Å². The fraction of sp³-hybridized carbons (Fsp3) is 0.353. The van der Waals surface area contributed by atoms with Crippen LogP contribution in [-0.2, 0) is 0 Å². The summed E-state index contributed by atoms with van der Waals surface area (Å²) in [7, 11) is 0. The van der Waals surface area contributed by atoms with E-state index in [0.29, 0.717) is 5.41 Å². The van der Waals surface area contributed by atoms with Gasteiger partial charge >= 0.3 is 0 Å². The first-order valence-electron chi connectivity index (χ1n) is 7.05. The molecule has 0 radical (unpaired) electrons. The molecule has 0 unspecified atom stereocenters. The number of carbonyl (C=O) groups excluding carboxylic acids is 1. The van der Waals surface area contributed by atoms with Gasteiger partial charge in [0.1, 0.15) is 0 Å². The minimum atomic E-state index is 0.0385. The summed E-state index contributed by atoms with van der Waals surface area (Å²) in [5, 5.41) is 6.39. The molecule has 3 heteroatoms. The summed E-state index contributed by atoms with van der Waals surface area (Å²) >= 11 is 3.49. The lowest BCUT2D eigenvalue weighted by Gasteiger charge is -2.14. The number of alkyl halides is 1. The third-order valence-corrected chi connectivity index (χ3v) is 4.61. The number of nitrogens with one attached hydrogen (secondary N) is 1. The normalized spacial score (nSPS) is 16.1. The number of fused-ring (bicyclic) bond motifs is 1. The van der Waals surface area contributed by atoms with Gasteiger partial charge in [-0.25, -0.2) is 0 Å². The maximum Gasteiger partial charge on any atom is 0.251 e. The van der Waals surface area contributed by atoms with Gasteiger partial charge in [0.15, 0.2) is 0 Å². The Morgan fingerprint density at radius 1 is 1.15 bits per heavy atom. The summed E-state index contributed by atoms with van der Waals surface area (Å²) in [5.74, 6) is 0.0385. The van der Waals surface area contributed by atoms with Crippen LogP contribution in [0.4, 0.5) is 0 Å². The quantitative estimate of drug-likeness (QED) is 0.820. The lowest BCUT2D eigenvalue weighted by atomic mass is 10.0. The number of carbonyl (C=O) groups is 1. The van der Waals surface area contributed by atoms with E-state index in [9.17, 15) is 4.79 Å². The number of amides is 1. The Balaban J connectivity index is 1.69. The van der Waals surface area contributed by atoms with Gasteiger partial charge in [-0.2, -0.15) is 0 Å². The molecular formula is C17H18BrNO. The first-order chi connectivity index (χ1) is 9.72. The highest BCUT2D eigenvalue weighted by Crippen LogP contribution is 2.48. The van der Waals surface area contributed by atoms with Gasteiger partial charge in [0, 0.05) is 17.4 Å². The van der Waals surface area contributed by atoms with Crippen LogP contribution in [0.2, 0.25) is 0 Å². The van der Waals surface area contributed by atoms with Crippen LogP contribution in [0.25, 0.3) is 10.8 Å². The maximum absolute atomic E-state index is 12.2. The van der Waals surface area contributed by atoms with Crippen LogP contribution >= 0.6 is 15.9 Å². The summed E-state index contributed by atoms with van der Waals surface area (Å²) in [4.78, 5) is 12.2. The first kappa shape index (κ1) is 13.6. The molecule has 2 nitrogen and oxygen atoms in total. The lowest BCUT2D eigenvalue weighted by Crippen LogP contribution is -2.30. The van der Waals surface area contributed by atoms with Gasteiger partial charge in [-0.3, -0.25) is 4.79 Å². The van der Waals surface area contributed by atoms with Gasteiger partial charge < -0.3 is 5.32 Å². The molecule has 0 saturated heterocycles. The van der Waals surface area contributed by atoms with Crippen LogP contribution in [0.5, 0.6) is 0 Å². The van der Waals surface area contributed by atoms with Crippen LogP contribution in [-0.4, -0.2) is 17.8 Å². The Kier molecular flexibility index (Phi) is 3.79. The Labute approximate surface area is 127 Å². The fourth-order valence-corrected chi connectivity index (χ4v) is 3.43. The summed E-state index contributed by atoms with van der Waals surface area (Å²) < 4.78 is 0. The third kappa shape index (κ3) is 2.88. The molecule has 2 aromatic rings. The van der Waals surface area contributed by atoms with E-state index in [1.165, 1.54) is 18.2 Å². The molecule has 1 amide bonds. The highest BCUT2D eigenvalue weighted by Gasteiger charge is 2.41. The van der Waals surface area contributed by atoms with E-state index in [1.807, 2.05) is 36.4 Å². The molecule has 0 spiro atoms. The van der Waals surface area contributed by atoms with Crippen molar-refractivity contribution in [3.63, 3.8) is 0 Å². The number of rotatable bonds is 5. The van der Waals surface area contributed by atoms with Crippen molar-refractivity contribution in [2.24, 2.45) is 5.41 Å². The predicted molar refractivity (Wildman–Crippen MR) is 86.4 cm³/mol. The molecule has 1 aliphatic rings. The van der Waals surface area contributed by atoms with E-state index in [0.717, 1.165) is 29.2 Å². The van der Waals surface area contributed by atoms with Crippen molar-refractivity contribution in [2.75, 3.05) is 11.9 Å². The van der Waals surface area contributed by atoms with Gasteiger partial charge in [-0.15, -0.1) is 0 Å². The zero-order valence-corrected chi connectivity index (χ0v) is 12.9. The highest BCUT2D eigenvalue weighted by atomic mass is 79.9. The monoisotopic (exact) mass is 331 g/mol. The van der Waals surface area contributed by atoms with E-state index in [-0.39, 0.29) is 5.91 Å². The van der Waals surface area contributed by atoms with Crippen LogP contribution in [0, 0.1) is 5.41 Å². The molecule has 0 aromatic heterocycles. The molecule has 3 rings (SSSR count). The molecule has 1 fully saturated rings. The minimum absolute atomic E-state index is 0.0385. The molecule has 104 valence electrons. The molecule has 0 heterocycles. The summed E-state index contributed by atoms with van der Waals surface area (Å²) in [6.45, 7) is 0.796. The second kappa shape index (κ2) is 5.57. The van der Waals surface area contributed by atoms with Crippen LogP contribution < -0.4 is 5.32 Å². The van der Waals surface area contributed by atoms with Crippen molar-refractivity contribution in [2.45, 2.75) is 19.3 Å². The smallest absolute Gasteiger partial charge is 0.251 e. The van der Waals surface area contributed by atoms with Crippen LogP contribution in [0.15, 0.2) is 42.5 Å². The summed E-state index contributed by atoms with van der Waals surface area (Å²) in [6.07, 6.45) is 3.61. The summed E-state index contributed by atoms with van der Waals surface area (Å²) in [5.41, 5.74) is 1.11. The number of benzene rings is 2. The number of halogens is 1. The van der Waals surface area contributed by atoms with Crippen molar-refractivity contribution in [1.82, 2.24) is 5.32 Å². The molecule has 1 saturated carbocycles. The maximum atomic E-state index is 12.2. The van der Waals surface area contributed by atoms with Crippen molar-refractivity contribution >= 4 is 32.6 Å². The fourth-order valence-electron chi connectivity index (χ4n) is 2.59.